The van der Waals surface area contributed by atoms with Crippen molar-refractivity contribution in [2.45, 2.75) is 25.7 Å². The van der Waals surface area contributed by atoms with E-state index in [9.17, 15) is 0 Å². The van der Waals surface area contributed by atoms with Crippen LogP contribution in [0.15, 0.2) is 12.2 Å². The molecule has 0 unspecified atom stereocenters. The molecule has 2 aliphatic carbocycles. The average Bonchev–Trinajstić information content (AvgIpc) is 2.49. The molecule has 44 valence electrons. The summed E-state index contributed by atoms with van der Waals surface area (Å²) < 4.78 is 0. The van der Waals surface area contributed by atoms with Crippen molar-refractivity contribution in [1.29, 1.82) is 0 Å². The molecular weight excluding hydrogens is 96.1 g/mol. The minimum atomic E-state index is 1.06. The quantitative estimate of drug-likeness (QED) is 0.452. The van der Waals surface area contributed by atoms with Crippen LogP contribution < -0.4 is 0 Å². The molecule has 1 fully saturated rings. The van der Waals surface area contributed by atoms with Crippen LogP contribution in [0.25, 0.3) is 0 Å². The maximum absolute atomic E-state index is 2.34. The second-order valence-electron chi connectivity index (χ2n) is 3.04. The molecule has 1 saturated carbocycles. The van der Waals surface area contributed by atoms with Crippen molar-refractivity contribution in [2.75, 3.05) is 0 Å². The Bertz CT molecular complexity index is 101. The lowest BCUT2D eigenvalue weighted by Gasteiger charge is -2.03. The highest BCUT2D eigenvalue weighted by Crippen LogP contribution is 2.42. The molecule has 0 radical (unpaired) electrons. The molecule has 0 heterocycles. The van der Waals surface area contributed by atoms with Crippen molar-refractivity contribution >= 4 is 0 Å². The molecule has 0 aromatic heterocycles. The van der Waals surface area contributed by atoms with E-state index in [4.69, 9.17) is 0 Å². The van der Waals surface area contributed by atoms with Crippen molar-refractivity contribution in [3.63, 3.8) is 0 Å². The van der Waals surface area contributed by atoms with Gasteiger partial charge >= 0.3 is 0 Å². The molecule has 2 rings (SSSR count). The van der Waals surface area contributed by atoms with Crippen molar-refractivity contribution in [1.82, 2.24) is 0 Å². The zero-order valence-corrected chi connectivity index (χ0v) is 5.14. The molecular formula is C8H12. The van der Waals surface area contributed by atoms with Crippen molar-refractivity contribution in [3.8, 4) is 0 Å². The molecule has 0 aromatic carbocycles. The topological polar surface area (TPSA) is 0 Å². The van der Waals surface area contributed by atoms with E-state index >= 15 is 0 Å². The second kappa shape index (κ2) is 1.61. The first-order chi connectivity index (χ1) is 3.97. The van der Waals surface area contributed by atoms with Gasteiger partial charge in [0.1, 0.15) is 0 Å². The third-order valence-electron chi connectivity index (χ3n) is 2.33. The highest BCUT2D eigenvalue weighted by atomic mass is 14.4. The summed E-state index contributed by atoms with van der Waals surface area (Å²) in [5.74, 6) is 2.19. The zero-order chi connectivity index (χ0) is 5.40. The van der Waals surface area contributed by atoms with E-state index in [0.717, 1.165) is 11.8 Å². The van der Waals surface area contributed by atoms with Crippen LogP contribution in [0.2, 0.25) is 0 Å². The first-order valence-corrected chi connectivity index (χ1v) is 3.62. The van der Waals surface area contributed by atoms with Gasteiger partial charge in [-0.05, 0) is 37.5 Å². The van der Waals surface area contributed by atoms with Crippen molar-refractivity contribution in [3.05, 3.63) is 12.2 Å². The molecule has 0 saturated heterocycles. The smallest absolute Gasteiger partial charge is 0.0317 e. The molecule has 0 amide bonds. The molecule has 0 spiro atoms. The standard InChI is InChI=1S/C8H12/c1-2-4-7(3-1)8-5-6-8/h1-2,7-8H,3-6H2. The predicted octanol–water partition coefficient (Wildman–Crippen LogP) is 2.36. The van der Waals surface area contributed by atoms with Gasteiger partial charge in [-0.25, -0.2) is 0 Å². The van der Waals surface area contributed by atoms with Crippen molar-refractivity contribution < 1.29 is 0 Å². The van der Waals surface area contributed by atoms with Crippen LogP contribution in [-0.2, 0) is 0 Å². The van der Waals surface area contributed by atoms with Gasteiger partial charge in [0.25, 0.3) is 0 Å². The molecule has 0 nitrogen and oxygen atoms in total. The summed E-state index contributed by atoms with van der Waals surface area (Å²) in [6.45, 7) is 0. The van der Waals surface area contributed by atoms with Gasteiger partial charge in [-0.2, -0.15) is 0 Å². The van der Waals surface area contributed by atoms with Gasteiger partial charge in [0.05, 0.1) is 0 Å². The van der Waals surface area contributed by atoms with E-state index in [2.05, 4.69) is 12.2 Å². The van der Waals surface area contributed by atoms with E-state index in [-0.39, 0.29) is 0 Å². The largest absolute Gasteiger partial charge is 0.0882 e. The lowest BCUT2D eigenvalue weighted by atomic mass is 10.0. The summed E-state index contributed by atoms with van der Waals surface area (Å²) >= 11 is 0. The minimum absolute atomic E-state index is 1.06. The van der Waals surface area contributed by atoms with E-state index in [1.807, 2.05) is 0 Å². The second-order valence-corrected chi connectivity index (χ2v) is 3.04. The highest BCUT2D eigenvalue weighted by molar-refractivity contribution is 4.99. The fourth-order valence-electron chi connectivity index (χ4n) is 1.59. The molecule has 0 N–H and O–H groups in total. The summed E-state index contributed by atoms with van der Waals surface area (Å²) in [6, 6.07) is 0. The Morgan fingerprint density at radius 3 is 2.00 bits per heavy atom. The van der Waals surface area contributed by atoms with E-state index in [0.29, 0.717) is 0 Å². The van der Waals surface area contributed by atoms with Gasteiger partial charge in [0, 0.05) is 0 Å². The SMILES string of the molecule is C1=CCC(C2CC2)C1. The average molecular weight is 108 g/mol. The number of allylic oxidation sites excluding steroid dienone is 2. The fraction of sp³-hybridized carbons (Fsp3) is 0.750. The third-order valence-corrected chi connectivity index (χ3v) is 2.33. The highest BCUT2D eigenvalue weighted by Gasteiger charge is 2.30. The van der Waals surface area contributed by atoms with E-state index in [1.54, 1.807) is 0 Å². The van der Waals surface area contributed by atoms with E-state index in [1.165, 1.54) is 25.7 Å². The summed E-state index contributed by atoms with van der Waals surface area (Å²) in [7, 11) is 0. The fourth-order valence-corrected chi connectivity index (χ4v) is 1.59. The van der Waals surface area contributed by atoms with Crippen LogP contribution in [0, 0.1) is 11.8 Å². The van der Waals surface area contributed by atoms with Gasteiger partial charge in [-0.1, -0.05) is 12.2 Å². The van der Waals surface area contributed by atoms with Crippen LogP contribution in [0.4, 0.5) is 0 Å². The molecule has 0 heteroatoms. The van der Waals surface area contributed by atoms with Gasteiger partial charge in [0.2, 0.25) is 0 Å². The molecule has 0 aromatic rings. The normalized spacial score (nSPS) is 29.5. The summed E-state index contributed by atoms with van der Waals surface area (Å²) in [4.78, 5) is 0. The molecule has 0 aliphatic heterocycles. The molecule has 8 heavy (non-hydrogen) atoms. The molecule has 0 bridgehead atoms. The summed E-state index contributed by atoms with van der Waals surface area (Å²) in [6.07, 6.45) is 10.5. The number of hydrogen-bond donors (Lipinski definition) is 0. The van der Waals surface area contributed by atoms with Crippen molar-refractivity contribution in [2.24, 2.45) is 11.8 Å². The zero-order valence-electron chi connectivity index (χ0n) is 5.14. The first-order valence-electron chi connectivity index (χ1n) is 3.62. The minimum Gasteiger partial charge on any atom is -0.0882 e. The Balaban J connectivity index is 1.90. The maximum Gasteiger partial charge on any atom is -0.0317 e. The van der Waals surface area contributed by atoms with Crippen LogP contribution in [-0.4, -0.2) is 0 Å². The monoisotopic (exact) mass is 108 g/mol. The summed E-state index contributed by atoms with van der Waals surface area (Å²) in [5.41, 5.74) is 0. The predicted molar refractivity (Wildman–Crippen MR) is 34.6 cm³/mol. The molecule has 0 atom stereocenters. The van der Waals surface area contributed by atoms with E-state index < -0.39 is 0 Å². The Kier molecular flexibility index (Phi) is 0.927. The van der Waals surface area contributed by atoms with Gasteiger partial charge < -0.3 is 0 Å². The Hall–Kier alpha value is -0.260. The van der Waals surface area contributed by atoms with Gasteiger partial charge in [-0.15, -0.1) is 0 Å². The lowest BCUT2D eigenvalue weighted by Crippen LogP contribution is -1.94. The van der Waals surface area contributed by atoms with Crippen LogP contribution in [0.1, 0.15) is 25.7 Å². The van der Waals surface area contributed by atoms with Gasteiger partial charge in [-0.3, -0.25) is 0 Å². The Morgan fingerprint density at radius 2 is 1.50 bits per heavy atom. The van der Waals surface area contributed by atoms with Gasteiger partial charge in [0.15, 0.2) is 0 Å². The van der Waals surface area contributed by atoms with Crippen LogP contribution >= 0.6 is 0 Å². The third kappa shape index (κ3) is 0.683. The Morgan fingerprint density at radius 1 is 0.875 bits per heavy atom. The maximum atomic E-state index is 2.34. The summed E-state index contributed by atoms with van der Waals surface area (Å²) in [5, 5.41) is 0. The Labute approximate surface area is 50.6 Å². The lowest BCUT2D eigenvalue weighted by molar-refractivity contribution is 0.497. The number of hydrogen-bond acceptors (Lipinski definition) is 0. The molecule has 2 aliphatic rings. The number of rotatable bonds is 1. The first kappa shape index (κ1) is 4.60. The van der Waals surface area contributed by atoms with Crippen LogP contribution in [0.5, 0.6) is 0 Å². The van der Waals surface area contributed by atoms with Crippen LogP contribution in [0.3, 0.4) is 0 Å².